The number of carbonyl (C=O) groups is 3. The Balaban J connectivity index is 4.35. The molecule has 0 rings (SSSR count). The van der Waals surface area contributed by atoms with Crippen molar-refractivity contribution in [3.8, 4) is 0 Å². The molecule has 0 saturated carbocycles. The van der Waals surface area contributed by atoms with E-state index < -0.39 is 6.10 Å². The van der Waals surface area contributed by atoms with Crippen LogP contribution in [0.1, 0.15) is 168 Å². The minimum absolute atomic E-state index is 0.0872. The summed E-state index contributed by atoms with van der Waals surface area (Å²) in [4.78, 5) is 37.1. The van der Waals surface area contributed by atoms with Crippen molar-refractivity contribution in [1.82, 2.24) is 0 Å². The van der Waals surface area contributed by atoms with Gasteiger partial charge in [0.1, 0.15) is 13.2 Å². The summed E-state index contributed by atoms with van der Waals surface area (Å²) in [5, 5.41) is 0. The van der Waals surface area contributed by atoms with E-state index in [2.05, 4.69) is 69.4 Å². The smallest absolute Gasteiger partial charge is 0.306 e. The number of esters is 3. The molecule has 1 atom stereocenters. The molecule has 0 aliphatic carbocycles. The average Bonchev–Trinajstić information content (AvgIpc) is 3.05. The molecule has 1 unspecified atom stereocenters. The summed E-state index contributed by atoms with van der Waals surface area (Å²) >= 11 is 0. The van der Waals surface area contributed by atoms with Gasteiger partial charge in [-0.15, -0.1) is 0 Å². The van der Waals surface area contributed by atoms with Gasteiger partial charge in [0, 0.05) is 19.3 Å². The van der Waals surface area contributed by atoms with E-state index in [4.69, 9.17) is 14.2 Å². The zero-order valence-electron chi connectivity index (χ0n) is 29.8. The highest BCUT2D eigenvalue weighted by Crippen LogP contribution is 2.12. The van der Waals surface area contributed by atoms with E-state index in [1.165, 1.54) is 38.5 Å². The lowest BCUT2D eigenvalue weighted by Gasteiger charge is -2.18. The van der Waals surface area contributed by atoms with Crippen molar-refractivity contribution in [3.05, 3.63) is 48.6 Å². The number of allylic oxidation sites excluding steroid dienone is 8. The van der Waals surface area contributed by atoms with Gasteiger partial charge in [-0.1, -0.05) is 140 Å². The van der Waals surface area contributed by atoms with Gasteiger partial charge in [0.05, 0.1) is 0 Å². The van der Waals surface area contributed by atoms with E-state index in [-0.39, 0.29) is 31.1 Å². The van der Waals surface area contributed by atoms with Crippen LogP contribution in [0.3, 0.4) is 0 Å². The van der Waals surface area contributed by atoms with Gasteiger partial charge in [0.15, 0.2) is 6.10 Å². The van der Waals surface area contributed by atoms with Gasteiger partial charge < -0.3 is 14.2 Å². The summed E-state index contributed by atoms with van der Waals surface area (Å²) in [5.41, 5.74) is 0. The lowest BCUT2D eigenvalue weighted by atomic mass is 10.1. The summed E-state index contributed by atoms with van der Waals surface area (Å²) < 4.78 is 16.4. The first kappa shape index (κ1) is 43.4. The molecule has 0 radical (unpaired) electrons. The monoisotopic (exact) mass is 645 g/mol. The van der Waals surface area contributed by atoms with Crippen LogP contribution < -0.4 is 0 Å². The molecular weight excluding hydrogens is 576 g/mol. The molecule has 0 amide bonds. The maximum atomic E-state index is 12.5. The fourth-order valence-electron chi connectivity index (χ4n) is 4.78. The second-order valence-electron chi connectivity index (χ2n) is 12.1. The van der Waals surface area contributed by atoms with E-state index in [9.17, 15) is 14.4 Å². The van der Waals surface area contributed by atoms with Crippen LogP contribution in [0.25, 0.3) is 0 Å². The molecule has 0 N–H and O–H groups in total. The quantitative estimate of drug-likeness (QED) is 0.0314. The molecule has 0 aromatic carbocycles. The normalized spacial score (nSPS) is 12.5. The lowest BCUT2D eigenvalue weighted by molar-refractivity contribution is -0.167. The second-order valence-corrected chi connectivity index (χ2v) is 12.1. The van der Waals surface area contributed by atoms with Crippen LogP contribution in [0.2, 0.25) is 0 Å². The zero-order valence-corrected chi connectivity index (χ0v) is 29.8. The highest BCUT2D eigenvalue weighted by molar-refractivity contribution is 5.71. The SMILES string of the molecule is CC/C=C\C/C=C\C/C=C\C/C=C\CCCCC(=O)OCC(COC(=O)CCCCCCC)OC(=O)CCCCCCCCCC. The fourth-order valence-corrected chi connectivity index (χ4v) is 4.78. The van der Waals surface area contributed by atoms with Gasteiger partial charge in [-0.25, -0.2) is 0 Å². The summed E-state index contributed by atoms with van der Waals surface area (Å²) in [5.74, 6) is -0.958. The molecule has 0 aromatic heterocycles. The Hall–Kier alpha value is -2.63. The first-order valence-corrected chi connectivity index (χ1v) is 18.6. The van der Waals surface area contributed by atoms with Crippen LogP contribution in [0.15, 0.2) is 48.6 Å². The minimum Gasteiger partial charge on any atom is -0.462 e. The van der Waals surface area contributed by atoms with Crippen molar-refractivity contribution in [2.75, 3.05) is 13.2 Å². The predicted octanol–water partition coefficient (Wildman–Crippen LogP) is 11.2. The molecule has 0 heterocycles. The zero-order chi connectivity index (χ0) is 33.8. The van der Waals surface area contributed by atoms with Gasteiger partial charge in [-0.3, -0.25) is 14.4 Å². The summed E-state index contributed by atoms with van der Waals surface area (Å²) in [6, 6.07) is 0. The van der Waals surface area contributed by atoms with Gasteiger partial charge in [0.25, 0.3) is 0 Å². The number of carbonyl (C=O) groups excluding carboxylic acids is 3. The van der Waals surface area contributed by atoms with Crippen LogP contribution in [-0.2, 0) is 28.6 Å². The van der Waals surface area contributed by atoms with Gasteiger partial charge in [0.2, 0.25) is 0 Å². The predicted molar refractivity (Wildman–Crippen MR) is 192 cm³/mol. The van der Waals surface area contributed by atoms with Gasteiger partial charge in [-0.2, -0.15) is 0 Å². The molecule has 264 valence electrons. The number of unbranched alkanes of at least 4 members (excludes halogenated alkanes) is 13. The van der Waals surface area contributed by atoms with E-state index in [1.807, 2.05) is 0 Å². The molecule has 0 fully saturated rings. The summed E-state index contributed by atoms with van der Waals surface area (Å²) in [6.07, 6.45) is 38.5. The molecular formula is C40H68O6. The number of rotatable bonds is 32. The second kappa shape index (κ2) is 35.2. The van der Waals surface area contributed by atoms with Crippen LogP contribution in [0.5, 0.6) is 0 Å². The minimum atomic E-state index is -0.779. The number of hydrogen-bond donors (Lipinski definition) is 0. The Morgan fingerprint density at radius 3 is 1.33 bits per heavy atom. The van der Waals surface area contributed by atoms with Crippen molar-refractivity contribution in [1.29, 1.82) is 0 Å². The number of ether oxygens (including phenoxy) is 3. The van der Waals surface area contributed by atoms with E-state index in [0.29, 0.717) is 19.3 Å². The fraction of sp³-hybridized carbons (Fsp3) is 0.725. The Morgan fingerprint density at radius 1 is 0.457 bits per heavy atom. The van der Waals surface area contributed by atoms with Crippen LogP contribution in [0.4, 0.5) is 0 Å². The summed E-state index contributed by atoms with van der Waals surface area (Å²) in [6.45, 7) is 6.33. The standard InChI is InChI=1S/C40H68O6/c1-4-7-10-13-15-17-18-19-20-21-22-23-25-27-30-33-39(42)45-36-37(35-44-38(41)32-29-26-12-9-6-3)46-40(43)34-31-28-24-16-14-11-8-5-2/h7,10,15,17,19-20,22-23,37H,4-6,8-9,11-14,16,18,21,24-36H2,1-3H3/b10-7-,17-15-,20-19-,23-22-. The molecule has 6 heteroatoms. The van der Waals surface area contributed by atoms with E-state index in [0.717, 1.165) is 89.9 Å². The Labute approximate surface area is 282 Å². The highest BCUT2D eigenvalue weighted by atomic mass is 16.6. The van der Waals surface area contributed by atoms with Crippen LogP contribution in [-0.4, -0.2) is 37.2 Å². The topological polar surface area (TPSA) is 78.9 Å². The van der Waals surface area contributed by atoms with E-state index >= 15 is 0 Å². The molecule has 0 aliphatic heterocycles. The third-order valence-electron chi connectivity index (χ3n) is 7.60. The largest absolute Gasteiger partial charge is 0.462 e. The summed E-state index contributed by atoms with van der Waals surface area (Å²) in [7, 11) is 0. The average molecular weight is 645 g/mol. The van der Waals surface area contributed by atoms with Gasteiger partial charge >= 0.3 is 17.9 Å². The Bertz CT molecular complexity index is 841. The van der Waals surface area contributed by atoms with Crippen molar-refractivity contribution >= 4 is 17.9 Å². The molecule has 0 aromatic rings. The van der Waals surface area contributed by atoms with Crippen molar-refractivity contribution in [2.45, 2.75) is 175 Å². The van der Waals surface area contributed by atoms with Gasteiger partial charge in [-0.05, 0) is 57.8 Å². The first-order chi connectivity index (χ1) is 22.5. The Kier molecular flexibility index (Phi) is 33.2. The molecule has 0 spiro atoms. The third kappa shape index (κ3) is 32.8. The van der Waals surface area contributed by atoms with Crippen molar-refractivity contribution < 1.29 is 28.6 Å². The van der Waals surface area contributed by atoms with E-state index in [1.54, 1.807) is 0 Å². The number of hydrogen-bond acceptors (Lipinski definition) is 6. The molecule has 0 saturated heterocycles. The molecule has 0 bridgehead atoms. The maximum absolute atomic E-state index is 12.5. The highest BCUT2D eigenvalue weighted by Gasteiger charge is 2.19. The Morgan fingerprint density at radius 2 is 0.848 bits per heavy atom. The van der Waals surface area contributed by atoms with Crippen molar-refractivity contribution in [3.63, 3.8) is 0 Å². The molecule has 0 aliphatic rings. The lowest BCUT2D eigenvalue weighted by Crippen LogP contribution is -2.30. The molecule has 6 nitrogen and oxygen atoms in total. The van der Waals surface area contributed by atoms with Crippen molar-refractivity contribution in [2.24, 2.45) is 0 Å². The van der Waals surface area contributed by atoms with Crippen LogP contribution in [0, 0.1) is 0 Å². The third-order valence-corrected chi connectivity index (χ3v) is 7.60. The van der Waals surface area contributed by atoms with Crippen LogP contribution >= 0.6 is 0 Å². The maximum Gasteiger partial charge on any atom is 0.306 e. The first-order valence-electron chi connectivity index (χ1n) is 18.6. The molecule has 46 heavy (non-hydrogen) atoms.